The lowest BCUT2D eigenvalue weighted by molar-refractivity contribution is 0.660. The maximum absolute atomic E-state index is 6.40. The molecule has 0 saturated carbocycles. The quantitative estimate of drug-likeness (QED) is 0.201. The molecule has 0 spiro atoms. The second kappa shape index (κ2) is 9.54. The van der Waals surface area contributed by atoms with Gasteiger partial charge in [-0.25, -0.2) is 4.98 Å². The third-order valence-corrected chi connectivity index (χ3v) is 10.2. The first kappa shape index (κ1) is 26.3. The van der Waals surface area contributed by atoms with Gasteiger partial charge in [-0.05, 0) is 81.2 Å². The van der Waals surface area contributed by atoms with Gasteiger partial charge in [-0.1, -0.05) is 117 Å². The Morgan fingerprint density at radius 2 is 1.21 bits per heavy atom. The number of para-hydroxylation sites is 3. The van der Waals surface area contributed by atoms with E-state index in [0.29, 0.717) is 0 Å². The van der Waals surface area contributed by atoms with Crippen molar-refractivity contribution in [3.05, 3.63) is 157 Å². The van der Waals surface area contributed by atoms with Gasteiger partial charge in [-0.3, -0.25) is 4.57 Å². The van der Waals surface area contributed by atoms with Gasteiger partial charge in [0.15, 0.2) is 0 Å². The van der Waals surface area contributed by atoms with Crippen LogP contribution in [0.1, 0.15) is 25.0 Å². The summed E-state index contributed by atoms with van der Waals surface area (Å²) in [6.45, 7) is 4.72. The van der Waals surface area contributed by atoms with E-state index in [9.17, 15) is 0 Å². The van der Waals surface area contributed by atoms with Gasteiger partial charge in [-0.2, -0.15) is 0 Å². The van der Waals surface area contributed by atoms with E-state index in [1.165, 1.54) is 38.8 Å². The Morgan fingerprint density at radius 1 is 0.532 bits per heavy atom. The van der Waals surface area contributed by atoms with Crippen LogP contribution in [0.4, 0.5) is 0 Å². The topological polar surface area (TPSA) is 31.0 Å². The standard InChI is InChI=1S/C44H30N2O/c1-44(2)37-24-28(35-26-36-33-15-8-11-19-41(33)47-42(36)34-16-7-6-14-30(34)35)20-22-31(37)32-23-21-29(25-38(32)44)46-40-18-10-9-17-39(40)45-43(46)27-12-4-3-5-13-27/h3-26H,1-2H3. The SMILES string of the molecule is CC1(C)c2cc(-c3cc4c5ccccc5oc4c4ccccc34)ccc2-c2ccc(-n3c(-c4ccccc4)nc4ccccc43)cc21. The molecule has 0 bridgehead atoms. The van der Waals surface area contributed by atoms with Crippen molar-refractivity contribution in [3.8, 4) is 39.3 Å². The van der Waals surface area contributed by atoms with Crippen molar-refractivity contribution in [2.24, 2.45) is 0 Å². The summed E-state index contributed by atoms with van der Waals surface area (Å²) in [5.41, 5.74) is 13.7. The van der Waals surface area contributed by atoms with Crippen LogP contribution in [0.2, 0.25) is 0 Å². The fraction of sp³-hybridized carbons (Fsp3) is 0.0682. The van der Waals surface area contributed by atoms with Crippen LogP contribution in [0.5, 0.6) is 0 Å². The first-order chi connectivity index (χ1) is 23.1. The predicted octanol–water partition coefficient (Wildman–Crippen LogP) is 11.7. The van der Waals surface area contributed by atoms with Crippen molar-refractivity contribution in [3.63, 3.8) is 0 Å². The molecule has 0 atom stereocenters. The summed E-state index contributed by atoms with van der Waals surface area (Å²) in [6, 6.07) is 52.2. The molecular weight excluding hydrogens is 572 g/mol. The number of benzene rings is 7. The Labute approximate surface area is 272 Å². The smallest absolute Gasteiger partial charge is 0.145 e. The third kappa shape index (κ3) is 3.71. The van der Waals surface area contributed by atoms with Crippen LogP contribution in [0, 0.1) is 0 Å². The number of nitrogens with zero attached hydrogens (tertiary/aromatic N) is 2. The zero-order valence-corrected chi connectivity index (χ0v) is 26.2. The minimum Gasteiger partial charge on any atom is -0.455 e. The van der Waals surface area contributed by atoms with E-state index in [-0.39, 0.29) is 5.41 Å². The average molecular weight is 603 g/mol. The molecule has 222 valence electrons. The molecule has 9 aromatic rings. The van der Waals surface area contributed by atoms with Crippen LogP contribution in [0.15, 0.2) is 150 Å². The highest BCUT2D eigenvalue weighted by Crippen LogP contribution is 2.51. The second-order valence-electron chi connectivity index (χ2n) is 13.2. The molecule has 1 aliphatic carbocycles. The Balaban J connectivity index is 1.15. The molecule has 47 heavy (non-hydrogen) atoms. The number of aromatic nitrogens is 2. The van der Waals surface area contributed by atoms with Gasteiger partial charge < -0.3 is 4.42 Å². The Kier molecular flexibility index (Phi) is 5.34. The summed E-state index contributed by atoms with van der Waals surface area (Å²) in [7, 11) is 0. The number of furan rings is 1. The van der Waals surface area contributed by atoms with E-state index in [0.717, 1.165) is 55.4 Å². The lowest BCUT2D eigenvalue weighted by atomic mass is 9.81. The van der Waals surface area contributed by atoms with Gasteiger partial charge in [0.25, 0.3) is 0 Å². The van der Waals surface area contributed by atoms with Crippen molar-refractivity contribution in [1.29, 1.82) is 0 Å². The molecule has 0 unspecified atom stereocenters. The van der Waals surface area contributed by atoms with E-state index < -0.39 is 0 Å². The molecule has 0 saturated heterocycles. The fourth-order valence-electron chi connectivity index (χ4n) is 7.89. The molecule has 10 rings (SSSR count). The molecule has 0 fully saturated rings. The summed E-state index contributed by atoms with van der Waals surface area (Å²) in [5.74, 6) is 0.955. The van der Waals surface area contributed by atoms with Gasteiger partial charge >= 0.3 is 0 Å². The maximum atomic E-state index is 6.40. The van der Waals surface area contributed by atoms with Crippen molar-refractivity contribution in [2.75, 3.05) is 0 Å². The number of imidazole rings is 1. The molecular formula is C44H30N2O. The minimum atomic E-state index is -0.192. The maximum Gasteiger partial charge on any atom is 0.145 e. The molecule has 0 amide bonds. The molecule has 1 aliphatic rings. The zero-order valence-electron chi connectivity index (χ0n) is 26.2. The van der Waals surface area contributed by atoms with E-state index in [4.69, 9.17) is 9.40 Å². The number of rotatable bonds is 3. The fourth-order valence-corrected chi connectivity index (χ4v) is 7.89. The zero-order chi connectivity index (χ0) is 31.3. The van der Waals surface area contributed by atoms with Crippen LogP contribution >= 0.6 is 0 Å². The van der Waals surface area contributed by atoms with E-state index in [1.54, 1.807) is 0 Å². The highest BCUT2D eigenvalue weighted by Gasteiger charge is 2.36. The molecule has 2 aromatic heterocycles. The van der Waals surface area contributed by atoms with E-state index >= 15 is 0 Å². The normalized spacial score (nSPS) is 13.5. The van der Waals surface area contributed by atoms with Crippen molar-refractivity contribution in [1.82, 2.24) is 9.55 Å². The van der Waals surface area contributed by atoms with Crippen molar-refractivity contribution >= 4 is 43.7 Å². The van der Waals surface area contributed by atoms with Gasteiger partial charge in [0, 0.05) is 32.8 Å². The predicted molar refractivity (Wildman–Crippen MR) is 194 cm³/mol. The molecule has 2 heterocycles. The minimum absolute atomic E-state index is 0.192. The molecule has 0 radical (unpaired) electrons. The van der Waals surface area contributed by atoms with Crippen LogP contribution < -0.4 is 0 Å². The van der Waals surface area contributed by atoms with Crippen molar-refractivity contribution in [2.45, 2.75) is 19.3 Å². The largest absolute Gasteiger partial charge is 0.455 e. The lowest BCUT2D eigenvalue weighted by Crippen LogP contribution is -2.15. The molecule has 3 nitrogen and oxygen atoms in total. The van der Waals surface area contributed by atoms with Gasteiger partial charge in [0.1, 0.15) is 17.0 Å². The van der Waals surface area contributed by atoms with E-state index in [1.807, 2.05) is 6.07 Å². The Hall–Kier alpha value is -5.93. The van der Waals surface area contributed by atoms with Crippen LogP contribution in [-0.4, -0.2) is 9.55 Å². The summed E-state index contributed by atoms with van der Waals surface area (Å²) >= 11 is 0. The van der Waals surface area contributed by atoms with Crippen LogP contribution in [0.25, 0.3) is 83.1 Å². The number of fused-ring (bicyclic) bond motifs is 9. The van der Waals surface area contributed by atoms with Crippen LogP contribution in [-0.2, 0) is 5.41 Å². The summed E-state index contributed by atoms with van der Waals surface area (Å²) < 4.78 is 8.72. The summed E-state index contributed by atoms with van der Waals surface area (Å²) in [4.78, 5) is 5.09. The average Bonchev–Trinajstić information content (AvgIpc) is 3.76. The summed E-state index contributed by atoms with van der Waals surface area (Å²) in [6.07, 6.45) is 0. The van der Waals surface area contributed by atoms with Crippen LogP contribution in [0.3, 0.4) is 0 Å². The highest BCUT2D eigenvalue weighted by molar-refractivity contribution is 6.19. The van der Waals surface area contributed by atoms with Gasteiger partial charge in [0.2, 0.25) is 0 Å². The Bertz CT molecular complexity index is 2710. The number of hydrogen-bond acceptors (Lipinski definition) is 2. The molecule has 0 N–H and O–H groups in total. The molecule has 7 aromatic carbocycles. The monoisotopic (exact) mass is 602 g/mol. The molecule has 3 heteroatoms. The lowest BCUT2D eigenvalue weighted by Gasteiger charge is -2.23. The Morgan fingerprint density at radius 3 is 2.06 bits per heavy atom. The van der Waals surface area contributed by atoms with Gasteiger partial charge in [-0.15, -0.1) is 0 Å². The third-order valence-electron chi connectivity index (χ3n) is 10.2. The highest BCUT2D eigenvalue weighted by atomic mass is 16.3. The summed E-state index contributed by atoms with van der Waals surface area (Å²) in [5, 5.41) is 4.65. The van der Waals surface area contributed by atoms with Crippen molar-refractivity contribution < 1.29 is 4.42 Å². The second-order valence-corrected chi connectivity index (χ2v) is 13.2. The molecule has 0 aliphatic heterocycles. The first-order valence-corrected chi connectivity index (χ1v) is 16.2. The van der Waals surface area contributed by atoms with E-state index in [2.05, 4.69) is 158 Å². The number of hydrogen-bond donors (Lipinski definition) is 0. The first-order valence-electron chi connectivity index (χ1n) is 16.2. The van der Waals surface area contributed by atoms with Gasteiger partial charge in [0.05, 0.1) is 11.0 Å².